The van der Waals surface area contributed by atoms with Gasteiger partial charge in [-0.2, -0.15) is 0 Å². The second-order valence-electron chi connectivity index (χ2n) is 10.8. The maximum Gasteiger partial charge on any atom is 0.306 e. The molecule has 5 rings (SSSR count). The third-order valence-electron chi connectivity index (χ3n) is 8.15. The molecule has 1 saturated heterocycles. The van der Waals surface area contributed by atoms with E-state index in [0.29, 0.717) is 50.1 Å². The van der Waals surface area contributed by atoms with E-state index in [1.807, 2.05) is 6.07 Å². The maximum atomic E-state index is 15.2. The number of nitrogens with zero attached hydrogens (tertiary/aromatic N) is 2. The van der Waals surface area contributed by atoms with E-state index in [1.165, 1.54) is 6.07 Å². The summed E-state index contributed by atoms with van der Waals surface area (Å²) < 4.78 is 26.7. The van der Waals surface area contributed by atoms with Crippen LogP contribution in [-0.2, 0) is 30.3 Å². The summed E-state index contributed by atoms with van der Waals surface area (Å²) in [7, 11) is 1.58. The Labute approximate surface area is 242 Å². The maximum absolute atomic E-state index is 15.2. The lowest BCUT2D eigenvalue weighted by Gasteiger charge is -2.32. The number of benzene rings is 2. The van der Waals surface area contributed by atoms with Gasteiger partial charge in [-0.05, 0) is 62.3 Å². The summed E-state index contributed by atoms with van der Waals surface area (Å²) in [6.45, 7) is 0.683. The summed E-state index contributed by atoms with van der Waals surface area (Å²) in [4.78, 5) is 43.4. The second kappa shape index (κ2) is 12.7. The molecule has 11 heteroatoms. The van der Waals surface area contributed by atoms with E-state index in [2.05, 4.69) is 10.3 Å². The Morgan fingerprint density at radius 1 is 1.07 bits per heavy atom. The van der Waals surface area contributed by atoms with Gasteiger partial charge in [0.1, 0.15) is 11.5 Å². The zero-order chi connectivity index (χ0) is 29.1. The van der Waals surface area contributed by atoms with Crippen molar-refractivity contribution in [2.75, 3.05) is 25.6 Å². The predicted molar refractivity (Wildman–Crippen MR) is 151 cm³/mol. The Balaban J connectivity index is 1.22. The Bertz CT molecular complexity index is 1360. The molecule has 41 heavy (non-hydrogen) atoms. The van der Waals surface area contributed by atoms with Gasteiger partial charge in [-0.15, -0.1) is 0 Å². The van der Waals surface area contributed by atoms with Crippen molar-refractivity contribution in [1.29, 1.82) is 0 Å². The Hall–Kier alpha value is -3.34. The molecular formula is C30H33ClFN3O6. The summed E-state index contributed by atoms with van der Waals surface area (Å²) in [5.74, 6) is -2.50. The number of carboxylic acid groups (broad SMARTS) is 1. The predicted octanol–water partition coefficient (Wildman–Crippen LogP) is 4.76. The molecule has 0 radical (unpaired) electrons. The van der Waals surface area contributed by atoms with E-state index in [9.17, 15) is 19.5 Å². The molecule has 0 bridgehead atoms. The second-order valence-corrected chi connectivity index (χ2v) is 11.2. The SMILES string of the molecule is COC[C@H]1CCC(COC2CCC(C(=O)O)CC2)N1C(=O)Cc1cc(Cl)c(NC(=O)C2=Nc3ccccc32)cc1F. The highest BCUT2D eigenvalue weighted by Crippen LogP contribution is 2.33. The standard InChI is InChI=1S/C30H33ClFN3O6/c1-40-15-19-8-9-20(16-41-21-10-6-17(7-11-21)30(38)39)35(19)27(36)13-18-12-23(31)26(14-24(18)32)34-29(37)28-22-4-2-3-5-25(22)33-28/h2-5,12,14,17,19-21H,6-11,13,15-16H2,1H3,(H,34,37)(H,38,39)/t17?,19-,20?,21?/m1/s1. The van der Waals surface area contributed by atoms with Gasteiger partial charge >= 0.3 is 5.97 Å². The number of para-hydroxylation sites is 1. The monoisotopic (exact) mass is 585 g/mol. The molecule has 2 heterocycles. The van der Waals surface area contributed by atoms with Crippen molar-refractivity contribution in [3.05, 3.63) is 58.4 Å². The molecule has 2 aliphatic heterocycles. The lowest BCUT2D eigenvalue weighted by Crippen LogP contribution is -2.46. The van der Waals surface area contributed by atoms with E-state index in [1.54, 1.807) is 30.2 Å². The average molecular weight is 586 g/mol. The molecule has 1 unspecified atom stereocenters. The zero-order valence-electron chi connectivity index (χ0n) is 22.8. The number of hydrogen-bond acceptors (Lipinski definition) is 6. The number of fused-ring (bicyclic) bond motifs is 1. The van der Waals surface area contributed by atoms with Gasteiger partial charge in [0.15, 0.2) is 0 Å². The van der Waals surface area contributed by atoms with E-state index in [4.69, 9.17) is 21.1 Å². The Morgan fingerprint density at radius 2 is 1.78 bits per heavy atom. The first kappa shape index (κ1) is 29.2. The molecule has 218 valence electrons. The van der Waals surface area contributed by atoms with Crippen molar-refractivity contribution in [1.82, 2.24) is 4.90 Å². The van der Waals surface area contributed by atoms with Gasteiger partial charge in [0, 0.05) is 12.7 Å². The quantitative estimate of drug-likeness (QED) is 0.415. The van der Waals surface area contributed by atoms with Crippen LogP contribution in [0.15, 0.2) is 41.4 Å². The van der Waals surface area contributed by atoms with Gasteiger partial charge in [0.2, 0.25) is 5.91 Å². The van der Waals surface area contributed by atoms with E-state index >= 15 is 4.39 Å². The molecule has 0 aromatic heterocycles. The number of aliphatic imine (C=N–C) groups is 1. The number of aliphatic carboxylic acids is 1. The minimum absolute atomic E-state index is 0.0394. The number of rotatable bonds is 10. The van der Waals surface area contributed by atoms with Gasteiger partial charge in [0.25, 0.3) is 5.91 Å². The van der Waals surface area contributed by atoms with Crippen LogP contribution in [0.1, 0.15) is 49.7 Å². The van der Waals surface area contributed by atoms with E-state index in [-0.39, 0.29) is 58.4 Å². The largest absolute Gasteiger partial charge is 0.481 e. The van der Waals surface area contributed by atoms with Crippen molar-refractivity contribution < 1.29 is 33.4 Å². The van der Waals surface area contributed by atoms with Gasteiger partial charge in [-0.3, -0.25) is 14.4 Å². The summed E-state index contributed by atoms with van der Waals surface area (Å²) >= 11 is 6.40. The van der Waals surface area contributed by atoms with Crippen molar-refractivity contribution in [3.8, 4) is 0 Å². The number of ether oxygens (including phenoxy) is 2. The number of carbonyl (C=O) groups excluding carboxylic acids is 2. The first-order chi connectivity index (χ1) is 19.7. The normalized spacial score (nSPS) is 23.4. The Kier molecular flexibility index (Phi) is 9.01. The molecule has 3 aliphatic rings. The van der Waals surface area contributed by atoms with Gasteiger partial charge in [0.05, 0.1) is 60.1 Å². The van der Waals surface area contributed by atoms with Gasteiger partial charge in [-0.25, -0.2) is 9.38 Å². The Morgan fingerprint density at radius 3 is 2.46 bits per heavy atom. The van der Waals surface area contributed by atoms with Crippen LogP contribution in [0.5, 0.6) is 0 Å². The van der Waals surface area contributed by atoms with Gasteiger partial charge < -0.3 is 24.8 Å². The van der Waals surface area contributed by atoms with Crippen LogP contribution in [0, 0.1) is 11.7 Å². The molecule has 2 aromatic carbocycles. The first-order valence-electron chi connectivity index (χ1n) is 13.9. The molecule has 2 atom stereocenters. The van der Waals surface area contributed by atoms with Gasteiger partial charge in [-0.1, -0.05) is 29.8 Å². The number of methoxy groups -OCH3 is 1. The van der Waals surface area contributed by atoms with Crippen molar-refractivity contribution in [2.24, 2.45) is 10.9 Å². The van der Waals surface area contributed by atoms with Crippen LogP contribution in [0.3, 0.4) is 0 Å². The van der Waals surface area contributed by atoms with Crippen LogP contribution in [-0.4, -0.2) is 72.0 Å². The molecular weight excluding hydrogens is 553 g/mol. The van der Waals surface area contributed by atoms with Crippen LogP contribution < -0.4 is 5.32 Å². The molecule has 2 aromatic rings. The van der Waals surface area contributed by atoms with E-state index < -0.39 is 17.7 Å². The topological polar surface area (TPSA) is 118 Å². The van der Waals surface area contributed by atoms with Crippen LogP contribution in [0.25, 0.3) is 0 Å². The lowest BCUT2D eigenvalue weighted by molar-refractivity contribution is -0.144. The highest BCUT2D eigenvalue weighted by atomic mass is 35.5. The number of halogens is 2. The minimum atomic E-state index is -0.764. The summed E-state index contributed by atoms with van der Waals surface area (Å²) in [5.41, 5.74) is 1.90. The third-order valence-corrected chi connectivity index (χ3v) is 8.46. The number of anilines is 1. The average Bonchev–Trinajstić information content (AvgIpc) is 3.34. The fourth-order valence-electron chi connectivity index (χ4n) is 5.94. The molecule has 2 fully saturated rings. The van der Waals surface area contributed by atoms with Crippen LogP contribution >= 0.6 is 11.6 Å². The smallest absolute Gasteiger partial charge is 0.306 e. The number of nitrogens with one attached hydrogen (secondary N) is 1. The number of hydrogen-bond donors (Lipinski definition) is 2. The first-order valence-corrected chi connectivity index (χ1v) is 14.2. The van der Waals surface area contributed by atoms with E-state index in [0.717, 1.165) is 18.9 Å². The summed E-state index contributed by atoms with van der Waals surface area (Å²) in [6.07, 6.45) is 3.72. The molecule has 9 nitrogen and oxygen atoms in total. The van der Waals surface area contributed by atoms with Crippen molar-refractivity contribution in [3.63, 3.8) is 0 Å². The zero-order valence-corrected chi connectivity index (χ0v) is 23.5. The highest BCUT2D eigenvalue weighted by Gasteiger charge is 2.38. The minimum Gasteiger partial charge on any atom is -0.481 e. The number of carboxylic acids is 1. The number of amides is 2. The fraction of sp³-hybridized carbons (Fsp3) is 0.467. The lowest BCUT2D eigenvalue weighted by atomic mass is 9.87. The van der Waals surface area contributed by atoms with Crippen molar-refractivity contribution >= 4 is 46.5 Å². The third kappa shape index (κ3) is 6.45. The molecule has 1 aliphatic carbocycles. The van der Waals surface area contributed by atoms with Crippen molar-refractivity contribution in [2.45, 2.75) is 63.1 Å². The number of likely N-dealkylation sites (tertiary alicyclic amines) is 1. The highest BCUT2D eigenvalue weighted by molar-refractivity contribution is 6.53. The van der Waals surface area contributed by atoms with Crippen LogP contribution in [0.4, 0.5) is 15.8 Å². The summed E-state index contributed by atoms with van der Waals surface area (Å²) in [6, 6.07) is 9.35. The molecule has 1 saturated carbocycles. The fourth-order valence-corrected chi connectivity index (χ4v) is 6.17. The summed E-state index contributed by atoms with van der Waals surface area (Å²) in [5, 5.41) is 12.0. The van der Waals surface area contributed by atoms with Crippen LogP contribution in [0.2, 0.25) is 5.02 Å². The molecule has 2 amide bonds. The molecule has 0 spiro atoms. The number of carbonyl (C=O) groups is 3. The molecule has 2 N–H and O–H groups in total.